The van der Waals surface area contributed by atoms with Gasteiger partial charge in [-0.2, -0.15) is 5.10 Å². The molecule has 5 nitrogen and oxygen atoms in total. The van der Waals surface area contributed by atoms with Gasteiger partial charge in [-0.15, -0.1) is 11.3 Å². The number of hydrogen-bond acceptors (Lipinski definition) is 5. The van der Waals surface area contributed by atoms with Crippen molar-refractivity contribution < 1.29 is 0 Å². The first kappa shape index (κ1) is 14.7. The fourth-order valence-electron chi connectivity index (χ4n) is 1.79. The molecule has 0 spiro atoms. The van der Waals surface area contributed by atoms with Gasteiger partial charge in [0.05, 0.1) is 17.0 Å². The number of hydrogen-bond donors (Lipinski definition) is 1. The molecule has 0 aromatic carbocycles. The molecule has 20 heavy (non-hydrogen) atoms. The summed E-state index contributed by atoms with van der Waals surface area (Å²) in [7, 11) is 1.68. The van der Waals surface area contributed by atoms with E-state index < -0.39 is 0 Å². The Morgan fingerprint density at radius 2 is 2.10 bits per heavy atom. The first-order chi connectivity index (χ1) is 9.32. The van der Waals surface area contributed by atoms with Crippen molar-refractivity contribution >= 4 is 16.5 Å². The number of thiazole rings is 1. The molecule has 0 saturated heterocycles. The molecule has 0 saturated carbocycles. The Kier molecular flexibility index (Phi) is 3.94. The van der Waals surface area contributed by atoms with Crippen LogP contribution in [0.15, 0.2) is 16.2 Å². The number of nitrogens with one attached hydrogen (secondary N) is 1. The van der Waals surface area contributed by atoms with E-state index in [2.05, 4.69) is 36.2 Å². The third-order valence-electron chi connectivity index (χ3n) is 2.94. The molecule has 2 rings (SSSR count). The summed E-state index contributed by atoms with van der Waals surface area (Å²) in [5.74, 6) is 0. The Hall–Kier alpha value is -1.69. The van der Waals surface area contributed by atoms with Gasteiger partial charge in [0.15, 0.2) is 5.13 Å². The zero-order chi connectivity index (χ0) is 14.9. The molecule has 1 N–H and O–H groups in total. The van der Waals surface area contributed by atoms with Crippen LogP contribution in [0.25, 0.3) is 11.3 Å². The van der Waals surface area contributed by atoms with Crippen LogP contribution in [0.1, 0.15) is 33.4 Å². The van der Waals surface area contributed by atoms with Crippen LogP contribution in [0, 0.1) is 0 Å². The van der Waals surface area contributed by atoms with Gasteiger partial charge < -0.3 is 5.32 Å². The molecule has 0 atom stereocenters. The van der Waals surface area contributed by atoms with E-state index in [0.29, 0.717) is 11.3 Å². The molecule has 0 fully saturated rings. The second kappa shape index (κ2) is 5.36. The van der Waals surface area contributed by atoms with E-state index in [4.69, 9.17) is 0 Å². The fourth-order valence-corrected chi connectivity index (χ4v) is 2.57. The molecule has 0 aliphatic heterocycles. The molecule has 0 radical (unpaired) electrons. The topological polar surface area (TPSA) is 59.8 Å². The van der Waals surface area contributed by atoms with Crippen LogP contribution in [-0.4, -0.2) is 21.3 Å². The molecule has 0 bridgehead atoms. The maximum Gasteiger partial charge on any atom is 0.275 e. The highest BCUT2D eigenvalue weighted by Gasteiger charge is 2.20. The minimum absolute atomic E-state index is 0.110. The van der Waals surface area contributed by atoms with Gasteiger partial charge in [0, 0.05) is 24.4 Å². The van der Waals surface area contributed by atoms with Crippen LogP contribution in [0.4, 0.5) is 5.13 Å². The van der Waals surface area contributed by atoms with Gasteiger partial charge in [0.1, 0.15) is 0 Å². The number of aromatic nitrogens is 3. The zero-order valence-electron chi connectivity index (χ0n) is 12.5. The third kappa shape index (κ3) is 2.90. The van der Waals surface area contributed by atoms with Crippen LogP contribution in [-0.2, 0) is 12.5 Å². The molecule has 0 unspecified atom stereocenters. The smallest absolute Gasteiger partial charge is 0.275 e. The van der Waals surface area contributed by atoms with Crippen molar-refractivity contribution in [3.05, 3.63) is 27.5 Å². The van der Waals surface area contributed by atoms with Gasteiger partial charge in [0.2, 0.25) is 0 Å². The van der Waals surface area contributed by atoms with E-state index in [-0.39, 0.29) is 11.0 Å². The van der Waals surface area contributed by atoms with Crippen molar-refractivity contribution in [3.63, 3.8) is 0 Å². The summed E-state index contributed by atoms with van der Waals surface area (Å²) in [5.41, 5.74) is 1.96. The van der Waals surface area contributed by atoms with Crippen LogP contribution in [0.3, 0.4) is 0 Å². The van der Waals surface area contributed by atoms with E-state index in [1.54, 1.807) is 7.05 Å². The van der Waals surface area contributed by atoms with Crippen molar-refractivity contribution in [2.75, 3.05) is 11.9 Å². The number of nitrogens with zero attached hydrogens (tertiary/aromatic N) is 3. The molecule has 2 aromatic rings. The van der Waals surface area contributed by atoms with E-state index >= 15 is 0 Å². The summed E-state index contributed by atoms with van der Waals surface area (Å²) in [6.07, 6.45) is 0. The van der Waals surface area contributed by atoms with Gasteiger partial charge in [-0.3, -0.25) is 4.79 Å². The molecule has 0 aliphatic rings. The van der Waals surface area contributed by atoms with Crippen molar-refractivity contribution in [1.82, 2.24) is 14.8 Å². The summed E-state index contributed by atoms with van der Waals surface area (Å²) < 4.78 is 1.39. The minimum atomic E-state index is -0.119. The lowest BCUT2D eigenvalue weighted by molar-refractivity contribution is 0.532. The predicted molar refractivity (Wildman–Crippen MR) is 83.4 cm³/mol. The summed E-state index contributed by atoms with van der Waals surface area (Å²) >= 11 is 1.51. The van der Waals surface area contributed by atoms with Crippen molar-refractivity contribution in [1.29, 1.82) is 0 Å². The maximum absolute atomic E-state index is 12.3. The number of anilines is 1. The average Bonchev–Trinajstić information content (AvgIpc) is 2.80. The van der Waals surface area contributed by atoms with Gasteiger partial charge in [-0.05, 0) is 13.0 Å². The van der Waals surface area contributed by atoms with E-state index in [0.717, 1.165) is 17.4 Å². The predicted octanol–water partition coefficient (Wildman–Crippen LogP) is 2.63. The second-order valence-corrected chi connectivity index (χ2v) is 6.55. The first-order valence-electron chi connectivity index (χ1n) is 6.61. The molecule has 108 valence electrons. The van der Waals surface area contributed by atoms with Crippen LogP contribution >= 0.6 is 11.3 Å². The standard InChI is InChI=1S/C14H20N4OS/c1-6-15-13-16-10(8-20-13)9-7-11(14(2,3)4)17-18(5)12(9)19/h7-8H,6H2,1-5H3,(H,15,16). The van der Waals surface area contributed by atoms with Crippen LogP contribution < -0.4 is 10.9 Å². The fraction of sp³-hybridized carbons (Fsp3) is 0.500. The van der Waals surface area contributed by atoms with Gasteiger partial charge in [0.25, 0.3) is 5.56 Å². The Labute approximate surface area is 122 Å². The minimum Gasteiger partial charge on any atom is -0.362 e. The molecule has 6 heteroatoms. The van der Waals surface area contributed by atoms with Crippen molar-refractivity contribution in [3.8, 4) is 11.3 Å². The molecule has 0 amide bonds. The normalized spacial score (nSPS) is 11.7. The first-order valence-corrected chi connectivity index (χ1v) is 7.49. The molecule has 2 heterocycles. The van der Waals surface area contributed by atoms with E-state index in [1.807, 2.05) is 18.4 Å². The highest BCUT2D eigenvalue weighted by Crippen LogP contribution is 2.26. The Morgan fingerprint density at radius 1 is 1.40 bits per heavy atom. The SMILES string of the molecule is CCNc1nc(-c2cc(C(C)(C)C)nn(C)c2=O)cs1. The zero-order valence-corrected chi connectivity index (χ0v) is 13.3. The maximum atomic E-state index is 12.3. The monoisotopic (exact) mass is 292 g/mol. The average molecular weight is 292 g/mol. The summed E-state index contributed by atoms with van der Waals surface area (Å²) in [5, 5.41) is 10.2. The lowest BCUT2D eigenvalue weighted by Crippen LogP contribution is -2.26. The Bertz CT molecular complexity index is 667. The lowest BCUT2D eigenvalue weighted by atomic mass is 9.91. The summed E-state index contributed by atoms with van der Waals surface area (Å²) in [4.78, 5) is 16.7. The summed E-state index contributed by atoms with van der Waals surface area (Å²) in [6, 6.07) is 1.85. The molecular weight excluding hydrogens is 272 g/mol. The Morgan fingerprint density at radius 3 is 2.70 bits per heavy atom. The number of aryl methyl sites for hydroxylation is 1. The van der Waals surface area contributed by atoms with E-state index in [9.17, 15) is 4.79 Å². The van der Waals surface area contributed by atoms with Gasteiger partial charge in [-0.1, -0.05) is 20.8 Å². The van der Waals surface area contributed by atoms with Crippen LogP contribution in [0.2, 0.25) is 0 Å². The number of rotatable bonds is 3. The quantitative estimate of drug-likeness (QED) is 0.944. The highest BCUT2D eigenvalue weighted by atomic mass is 32.1. The molecule has 0 aliphatic carbocycles. The largest absolute Gasteiger partial charge is 0.362 e. The van der Waals surface area contributed by atoms with Gasteiger partial charge in [-0.25, -0.2) is 9.67 Å². The Balaban J connectivity index is 2.54. The van der Waals surface area contributed by atoms with Crippen molar-refractivity contribution in [2.24, 2.45) is 7.05 Å². The van der Waals surface area contributed by atoms with Crippen LogP contribution in [0.5, 0.6) is 0 Å². The lowest BCUT2D eigenvalue weighted by Gasteiger charge is -2.18. The van der Waals surface area contributed by atoms with Crippen molar-refractivity contribution in [2.45, 2.75) is 33.1 Å². The summed E-state index contributed by atoms with van der Waals surface area (Å²) in [6.45, 7) is 9.07. The van der Waals surface area contributed by atoms with E-state index in [1.165, 1.54) is 16.0 Å². The second-order valence-electron chi connectivity index (χ2n) is 5.69. The molecular formula is C14H20N4OS. The highest BCUT2D eigenvalue weighted by molar-refractivity contribution is 7.14. The third-order valence-corrected chi connectivity index (χ3v) is 3.74. The van der Waals surface area contributed by atoms with Gasteiger partial charge >= 0.3 is 0 Å². The molecule has 2 aromatic heterocycles.